The Bertz CT molecular complexity index is 452. The topological polar surface area (TPSA) is 29.5 Å². The van der Waals surface area contributed by atoms with Crippen LogP contribution < -0.4 is 4.74 Å². The molecule has 1 rings (SSSR count). The lowest BCUT2D eigenvalue weighted by Gasteiger charge is -2.18. The fraction of sp³-hybridized carbons (Fsp3) is 0.500. The third-order valence-electron chi connectivity index (χ3n) is 2.87. The van der Waals surface area contributed by atoms with Gasteiger partial charge in [-0.25, -0.2) is 0 Å². The van der Waals surface area contributed by atoms with Crippen molar-refractivity contribution < 1.29 is 9.53 Å². The van der Waals surface area contributed by atoms with Crippen LogP contribution in [0.15, 0.2) is 10.5 Å². The van der Waals surface area contributed by atoms with Gasteiger partial charge >= 0.3 is 0 Å². The molecule has 0 aliphatic carbocycles. The van der Waals surface area contributed by atoms with Gasteiger partial charge in [-0.3, -0.25) is 4.79 Å². The number of benzene rings is 1. The van der Waals surface area contributed by atoms with Gasteiger partial charge in [-0.05, 0) is 37.5 Å². The maximum absolute atomic E-state index is 10.8. The fourth-order valence-corrected chi connectivity index (χ4v) is 2.72. The molecule has 0 heterocycles. The zero-order chi connectivity index (χ0) is 14.4. The highest BCUT2D eigenvalue weighted by Crippen LogP contribution is 2.36. The summed E-state index contributed by atoms with van der Waals surface area (Å²) in [4.78, 5) is 12.5. The van der Waals surface area contributed by atoms with Gasteiger partial charge in [-0.15, -0.1) is 0 Å². The Labute approximate surface area is 128 Å². The number of carbonyl (C=O) groups excluding carboxylic acids is 1. The van der Waals surface area contributed by atoms with Crippen LogP contribution in [0.2, 0.25) is 5.02 Å². The Kier molecular flexibility index (Phi) is 6.66. The number of ether oxygens (including phenoxy) is 1. The molecule has 5 heteroatoms. The van der Waals surface area contributed by atoms with Gasteiger partial charge in [0.05, 0.1) is 11.6 Å². The normalized spacial score (nSPS) is 10.4. The molecule has 0 unspecified atom stereocenters. The molecule has 0 saturated heterocycles. The molecule has 19 heavy (non-hydrogen) atoms. The number of nitrogens with zero attached hydrogens (tertiary/aromatic N) is 1. The lowest BCUT2D eigenvalue weighted by Crippen LogP contribution is -2.27. The van der Waals surface area contributed by atoms with Crippen LogP contribution in [0.4, 0.5) is 0 Å². The van der Waals surface area contributed by atoms with Gasteiger partial charge < -0.3 is 9.64 Å². The molecule has 0 saturated carbocycles. The molecule has 0 bridgehead atoms. The van der Waals surface area contributed by atoms with E-state index < -0.39 is 0 Å². The predicted molar refractivity (Wildman–Crippen MR) is 82.0 cm³/mol. The molecule has 1 aromatic carbocycles. The van der Waals surface area contributed by atoms with Crippen LogP contribution in [0.3, 0.4) is 0 Å². The van der Waals surface area contributed by atoms with Crippen molar-refractivity contribution in [1.82, 2.24) is 4.90 Å². The number of hydrogen-bond donors (Lipinski definition) is 0. The Morgan fingerprint density at radius 3 is 2.68 bits per heavy atom. The van der Waals surface area contributed by atoms with Crippen molar-refractivity contribution in [2.24, 2.45) is 0 Å². The highest BCUT2D eigenvalue weighted by Gasteiger charge is 2.12. The summed E-state index contributed by atoms with van der Waals surface area (Å²) in [6.45, 7) is 7.69. The second-order valence-corrected chi connectivity index (χ2v) is 5.67. The number of halogens is 2. The number of hydrogen-bond acceptors (Lipinski definition) is 2. The lowest BCUT2D eigenvalue weighted by atomic mass is 10.1. The average molecular weight is 349 g/mol. The molecular formula is C14H19BrClNO2. The summed E-state index contributed by atoms with van der Waals surface area (Å²) in [5, 5.41) is 0.625. The van der Waals surface area contributed by atoms with Gasteiger partial charge in [-0.1, -0.05) is 34.5 Å². The molecule has 0 spiro atoms. The van der Waals surface area contributed by atoms with E-state index in [9.17, 15) is 4.79 Å². The molecule has 0 aliphatic rings. The molecule has 0 aromatic heterocycles. The maximum Gasteiger partial charge on any atom is 0.209 e. The summed E-state index contributed by atoms with van der Waals surface area (Å²) >= 11 is 9.74. The summed E-state index contributed by atoms with van der Waals surface area (Å²) in [6, 6.07) is 1.99. The van der Waals surface area contributed by atoms with Gasteiger partial charge in [0.1, 0.15) is 12.4 Å². The van der Waals surface area contributed by atoms with Gasteiger partial charge in [-0.2, -0.15) is 0 Å². The van der Waals surface area contributed by atoms with Crippen LogP contribution in [0.1, 0.15) is 24.5 Å². The molecule has 3 nitrogen and oxygen atoms in total. The SMILES string of the molecule is CCCN(C=O)CCOc1c(C)cc(Br)c(C)c1Cl. The standard InChI is InChI=1S/C14H19BrClNO2/c1-4-5-17(9-18)6-7-19-14-10(2)8-12(15)11(3)13(14)16/h8-9H,4-7H2,1-3H3. The van der Waals surface area contributed by atoms with E-state index >= 15 is 0 Å². The summed E-state index contributed by atoms with van der Waals surface area (Å²) < 4.78 is 6.70. The molecule has 0 fully saturated rings. The first-order chi connectivity index (χ1) is 9.01. The monoisotopic (exact) mass is 347 g/mol. The largest absolute Gasteiger partial charge is 0.490 e. The minimum absolute atomic E-state index is 0.445. The summed E-state index contributed by atoms with van der Waals surface area (Å²) in [7, 11) is 0. The fourth-order valence-electron chi connectivity index (χ4n) is 1.76. The highest BCUT2D eigenvalue weighted by atomic mass is 79.9. The van der Waals surface area contributed by atoms with Gasteiger partial charge in [0.15, 0.2) is 0 Å². The third-order valence-corrected chi connectivity index (χ3v) is 4.15. The first kappa shape index (κ1) is 16.3. The molecule has 1 aromatic rings. The van der Waals surface area contributed by atoms with Crippen LogP contribution in [0.25, 0.3) is 0 Å². The maximum atomic E-state index is 10.8. The molecule has 0 N–H and O–H groups in total. The molecule has 0 radical (unpaired) electrons. The van der Waals surface area contributed by atoms with Crippen molar-refractivity contribution in [2.45, 2.75) is 27.2 Å². The van der Waals surface area contributed by atoms with Crippen molar-refractivity contribution in [1.29, 1.82) is 0 Å². The van der Waals surface area contributed by atoms with Gasteiger partial charge in [0.25, 0.3) is 0 Å². The summed E-state index contributed by atoms with van der Waals surface area (Å²) in [5.41, 5.74) is 1.94. The second kappa shape index (κ2) is 7.75. The lowest BCUT2D eigenvalue weighted by molar-refractivity contribution is -0.118. The second-order valence-electron chi connectivity index (χ2n) is 4.43. The van der Waals surface area contributed by atoms with E-state index in [-0.39, 0.29) is 0 Å². The van der Waals surface area contributed by atoms with Crippen LogP contribution >= 0.6 is 27.5 Å². The Morgan fingerprint density at radius 2 is 2.11 bits per heavy atom. The quantitative estimate of drug-likeness (QED) is 0.698. The van der Waals surface area contributed by atoms with Crippen molar-refractivity contribution in [2.75, 3.05) is 19.7 Å². The van der Waals surface area contributed by atoms with Crippen molar-refractivity contribution in [3.8, 4) is 5.75 Å². The minimum atomic E-state index is 0.445. The van der Waals surface area contributed by atoms with Crippen LogP contribution in [-0.2, 0) is 4.79 Å². The van der Waals surface area contributed by atoms with E-state index in [1.165, 1.54) is 0 Å². The summed E-state index contributed by atoms with van der Waals surface area (Å²) in [5.74, 6) is 0.699. The number of carbonyl (C=O) groups is 1. The van der Waals surface area contributed by atoms with Crippen molar-refractivity contribution in [3.05, 3.63) is 26.7 Å². The predicted octanol–water partition coefficient (Wildman–Crippen LogP) is 3.97. The highest BCUT2D eigenvalue weighted by molar-refractivity contribution is 9.10. The van der Waals surface area contributed by atoms with Crippen LogP contribution in [0.5, 0.6) is 5.75 Å². The van der Waals surface area contributed by atoms with E-state index in [4.69, 9.17) is 16.3 Å². The third kappa shape index (κ3) is 4.39. The smallest absolute Gasteiger partial charge is 0.209 e. The molecular weight excluding hydrogens is 330 g/mol. The van der Waals surface area contributed by atoms with E-state index in [0.29, 0.717) is 23.9 Å². The average Bonchev–Trinajstić information content (AvgIpc) is 2.38. The first-order valence-electron chi connectivity index (χ1n) is 6.28. The Hall–Kier alpha value is -0.740. The zero-order valence-corrected chi connectivity index (χ0v) is 13.8. The molecule has 0 atom stereocenters. The Morgan fingerprint density at radius 1 is 1.42 bits per heavy atom. The van der Waals surface area contributed by atoms with E-state index in [1.54, 1.807) is 4.90 Å². The first-order valence-corrected chi connectivity index (χ1v) is 7.45. The van der Waals surface area contributed by atoms with E-state index in [1.807, 2.05) is 26.8 Å². The minimum Gasteiger partial charge on any atom is -0.490 e. The van der Waals surface area contributed by atoms with Crippen LogP contribution in [0, 0.1) is 13.8 Å². The van der Waals surface area contributed by atoms with Crippen LogP contribution in [-0.4, -0.2) is 31.0 Å². The van der Waals surface area contributed by atoms with Gasteiger partial charge in [0.2, 0.25) is 6.41 Å². The van der Waals surface area contributed by atoms with E-state index in [2.05, 4.69) is 15.9 Å². The number of aryl methyl sites for hydroxylation is 1. The zero-order valence-electron chi connectivity index (χ0n) is 11.5. The summed E-state index contributed by atoms with van der Waals surface area (Å²) in [6.07, 6.45) is 1.80. The molecule has 0 aliphatic heterocycles. The Balaban J connectivity index is 2.68. The molecule has 1 amide bonds. The van der Waals surface area contributed by atoms with E-state index in [0.717, 1.165) is 35.0 Å². The van der Waals surface area contributed by atoms with Crippen molar-refractivity contribution in [3.63, 3.8) is 0 Å². The number of rotatable bonds is 7. The van der Waals surface area contributed by atoms with Gasteiger partial charge in [0, 0.05) is 11.0 Å². The number of amides is 1. The molecule has 106 valence electrons. The van der Waals surface area contributed by atoms with Crippen molar-refractivity contribution >= 4 is 33.9 Å².